The van der Waals surface area contributed by atoms with Crippen molar-refractivity contribution in [3.05, 3.63) is 52.6 Å². The molecule has 1 fully saturated rings. The Bertz CT molecular complexity index is 1010. The molecule has 29 heavy (non-hydrogen) atoms. The molecule has 0 saturated carbocycles. The average Bonchev–Trinajstić information content (AvgIpc) is 2.96. The van der Waals surface area contributed by atoms with E-state index >= 15 is 0 Å². The highest BCUT2D eigenvalue weighted by molar-refractivity contribution is 7.91. The van der Waals surface area contributed by atoms with Crippen LogP contribution in [-0.2, 0) is 14.6 Å². The molecular weight excluding hydrogens is 402 g/mol. The van der Waals surface area contributed by atoms with Gasteiger partial charge in [0.15, 0.2) is 16.1 Å². The molecule has 4 N–H and O–H groups in total. The number of nitrogens with zero attached hydrogens (tertiary/aromatic N) is 2. The number of aliphatic hydroxyl groups excluding tert-OH is 3. The minimum atomic E-state index is -3.48. The number of hydrogen-bond donors (Lipinski definition) is 4. The van der Waals surface area contributed by atoms with Crippen molar-refractivity contribution in [2.75, 3.05) is 24.2 Å². The van der Waals surface area contributed by atoms with Gasteiger partial charge in [0.25, 0.3) is 0 Å². The Morgan fingerprint density at radius 1 is 1.17 bits per heavy atom. The molecule has 1 aromatic carbocycles. The van der Waals surface area contributed by atoms with Gasteiger partial charge in [0, 0.05) is 12.7 Å². The van der Waals surface area contributed by atoms with Gasteiger partial charge in [-0.15, -0.1) is 0 Å². The van der Waals surface area contributed by atoms with Crippen molar-refractivity contribution in [2.45, 2.75) is 36.4 Å². The van der Waals surface area contributed by atoms with Crippen LogP contribution in [0.15, 0.2) is 46.2 Å². The Kier molecular flexibility index (Phi) is 6.34. The smallest absolute Gasteiger partial charge is 0.351 e. The highest BCUT2D eigenvalue weighted by atomic mass is 32.2. The van der Waals surface area contributed by atoms with Crippen LogP contribution in [-0.4, -0.2) is 70.5 Å². The predicted octanol–water partition coefficient (Wildman–Crippen LogP) is -0.951. The molecule has 3 rings (SSSR count). The first-order valence-electron chi connectivity index (χ1n) is 8.98. The third-order valence-electron chi connectivity index (χ3n) is 4.68. The van der Waals surface area contributed by atoms with Crippen LogP contribution in [0.4, 0.5) is 5.82 Å². The van der Waals surface area contributed by atoms with Gasteiger partial charge in [-0.2, -0.15) is 4.98 Å². The topological polar surface area (TPSA) is 151 Å². The monoisotopic (exact) mass is 425 g/mol. The molecule has 0 bridgehead atoms. The molecule has 11 heteroatoms. The lowest BCUT2D eigenvalue weighted by Gasteiger charge is -2.17. The normalized spacial score (nSPS) is 24.6. The van der Waals surface area contributed by atoms with Gasteiger partial charge in [0.05, 0.1) is 17.3 Å². The third kappa shape index (κ3) is 4.65. The fourth-order valence-electron chi connectivity index (χ4n) is 2.99. The number of nitrogens with one attached hydrogen (secondary N) is 1. The zero-order valence-corrected chi connectivity index (χ0v) is 16.5. The van der Waals surface area contributed by atoms with Crippen molar-refractivity contribution in [1.82, 2.24) is 9.55 Å². The van der Waals surface area contributed by atoms with Crippen LogP contribution >= 0.6 is 0 Å². The third-order valence-corrected chi connectivity index (χ3v) is 6.41. The van der Waals surface area contributed by atoms with Crippen LogP contribution in [0, 0.1) is 6.92 Å². The summed E-state index contributed by atoms with van der Waals surface area (Å²) < 4.78 is 31.0. The molecule has 2 aromatic rings. The van der Waals surface area contributed by atoms with E-state index in [0.717, 1.165) is 10.1 Å². The molecular formula is C18H23N3O7S. The predicted molar refractivity (Wildman–Crippen MR) is 103 cm³/mol. The minimum Gasteiger partial charge on any atom is -0.394 e. The fraction of sp³-hybridized carbons (Fsp3) is 0.444. The van der Waals surface area contributed by atoms with Crippen molar-refractivity contribution in [3.8, 4) is 0 Å². The van der Waals surface area contributed by atoms with Crippen molar-refractivity contribution in [2.24, 2.45) is 0 Å². The quantitative estimate of drug-likeness (QED) is 0.440. The van der Waals surface area contributed by atoms with Crippen LogP contribution in [0.25, 0.3) is 0 Å². The minimum absolute atomic E-state index is 0.0422. The summed E-state index contributed by atoms with van der Waals surface area (Å²) in [6, 6.07) is 7.96. The molecule has 0 spiro atoms. The Hall–Kier alpha value is -2.31. The lowest BCUT2D eigenvalue weighted by Crippen LogP contribution is -2.36. The van der Waals surface area contributed by atoms with Crippen molar-refractivity contribution >= 4 is 15.7 Å². The van der Waals surface area contributed by atoms with E-state index in [-0.39, 0.29) is 23.0 Å². The number of aliphatic hydroxyl groups is 3. The van der Waals surface area contributed by atoms with E-state index in [0.29, 0.717) is 0 Å². The van der Waals surface area contributed by atoms with Gasteiger partial charge in [-0.05, 0) is 25.1 Å². The van der Waals surface area contributed by atoms with Crippen LogP contribution < -0.4 is 11.0 Å². The molecule has 4 atom stereocenters. The second-order valence-electron chi connectivity index (χ2n) is 6.79. The Balaban J connectivity index is 1.64. The molecule has 1 saturated heterocycles. The van der Waals surface area contributed by atoms with Crippen LogP contribution in [0.5, 0.6) is 0 Å². The molecule has 0 radical (unpaired) electrons. The Labute approximate surface area is 167 Å². The molecule has 1 aliphatic heterocycles. The summed E-state index contributed by atoms with van der Waals surface area (Å²) in [5.74, 6) is -0.0209. The van der Waals surface area contributed by atoms with Gasteiger partial charge in [-0.1, -0.05) is 17.7 Å². The maximum atomic E-state index is 12.3. The fourth-order valence-corrected chi connectivity index (χ4v) is 4.15. The van der Waals surface area contributed by atoms with Crippen molar-refractivity contribution in [1.29, 1.82) is 0 Å². The largest absolute Gasteiger partial charge is 0.394 e. The molecule has 1 aromatic heterocycles. The number of hydrogen-bond acceptors (Lipinski definition) is 9. The van der Waals surface area contributed by atoms with Crippen LogP contribution in [0.2, 0.25) is 0 Å². The summed E-state index contributed by atoms with van der Waals surface area (Å²) in [5, 5.41) is 31.7. The van der Waals surface area contributed by atoms with Gasteiger partial charge in [-0.25, -0.2) is 13.2 Å². The average molecular weight is 425 g/mol. The molecule has 0 amide bonds. The van der Waals surface area contributed by atoms with Crippen LogP contribution in [0.3, 0.4) is 0 Å². The number of rotatable bonds is 7. The zero-order chi connectivity index (χ0) is 21.2. The number of benzene rings is 1. The lowest BCUT2D eigenvalue weighted by atomic mass is 10.1. The summed E-state index contributed by atoms with van der Waals surface area (Å²) in [4.78, 5) is 16.3. The van der Waals surface area contributed by atoms with E-state index in [4.69, 9.17) is 9.84 Å². The van der Waals surface area contributed by atoms with E-state index in [2.05, 4.69) is 10.3 Å². The SMILES string of the molecule is Cc1ccc(S(=O)(=O)CCNc2ccn([C@@H]3O[C@H](CO)[C@@H](O)[C@H]3O)c(=O)n2)cc1. The molecule has 0 aliphatic carbocycles. The molecule has 0 unspecified atom stereocenters. The second kappa shape index (κ2) is 8.59. The summed E-state index contributed by atoms with van der Waals surface area (Å²) in [7, 11) is -3.48. The number of aromatic nitrogens is 2. The van der Waals surface area contributed by atoms with Crippen molar-refractivity contribution < 1.29 is 28.5 Å². The standard InChI is InChI=1S/C18H23N3O7S/c1-11-2-4-12(5-3-11)29(26,27)9-7-19-14-6-8-21(18(25)20-14)17-16(24)15(23)13(10-22)28-17/h2-6,8,13,15-17,22-24H,7,9-10H2,1H3,(H,19,20,25)/t13-,15-,16-,17-/m1/s1. The number of aryl methyl sites for hydroxylation is 1. The van der Waals surface area contributed by atoms with E-state index < -0.39 is 46.7 Å². The van der Waals surface area contributed by atoms with E-state index in [1.807, 2.05) is 6.92 Å². The van der Waals surface area contributed by atoms with Gasteiger partial charge >= 0.3 is 5.69 Å². The highest BCUT2D eigenvalue weighted by Gasteiger charge is 2.43. The highest BCUT2D eigenvalue weighted by Crippen LogP contribution is 2.28. The summed E-state index contributed by atoms with van der Waals surface area (Å²) in [6.07, 6.45) is -3.61. The first-order chi connectivity index (χ1) is 13.7. The van der Waals surface area contributed by atoms with E-state index in [1.165, 1.54) is 12.3 Å². The molecule has 2 heterocycles. The maximum absolute atomic E-state index is 12.3. The Morgan fingerprint density at radius 3 is 2.45 bits per heavy atom. The van der Waals surface area contributed by atoms with Crippen LogP contribution in [0.1, 0.15) is 11.8 Å². The van der Waals surface area contributed by atoms with Gasteiger partial charge < -0.3 is 25.4 Å². The molecule has 1 aliphatic rings. The Morgan fingerprint density at radius 2 is 1.86 bits per heavy atom. The molecule has 158 valence electrons. The summed E-state index contributed by atoms with van der Waals surface area (Å²) in [5.41, 5.74) is 0.201. The maximum Gasteiger partial charge on any atom is 0.351 e. The molecule has 10 nitrogen and oxygen atoms in total. The first-order valence-corrected chi connectivity index (χ1v) is 10.6. The van der Waals surface area contributed by atoms with E-state index in [1.54, 1.807) is 24.3 Å². The second-order valence-corrected chi connectivity index (χ2v) is 8.90. The van der Waals surface area contributed by atoms with Gasteiger partial charge in [0.2, 0.25) is 0 Å². The number of sulfone groups is 1. The number of anilines is 1. The van der Waals surface area contributed by atoms with Crippen molar-refractivity contribution in [3.63, 3.8) is 0 Å². The van der Waals surface area contributed by atoms with Gasteiger partial charge in [-0.3, -0.25) is 4.57 Å². The van der Waals surface area contributed by atoms with E-state index in [9.17, 15) is 23.4 Å². The number of ether oxygens (including phenoxy) is 1. The summed E-state index contributed by atoms with van der Waals surface area (Å²) in [6.45, 7) is 1.40. The lowest BCUT2D eigenvalue weighted by molar-refractivity contribution is -0.0549. The zero-order valence-electron chi connectivity index (χ0n) is 15.7. The summed E-state index contributed by atoms with van der Waals surface area (Å²) >= 11 is 0. The van der Waals surface area contributed by atoms with Gasteiger partial charge in [0.1, 0.15) is 24.1 Å². The first kappa shape index (κ1) is 21.4.